The second-order valence-electron chi connectivity index (χ2n) is 5.34. The number of hydrogen-bond acceptors (Lipinski definition) is 4. The van der Waals surface area contributed by atoms with Gasteiger partial charge in [-0.25, -0.2) is 9.97 Å². The molecule has 0 unspecified atom stereocenters. The molecule has 5 nitrogen and oxygen atoms in total. The van der Waals surface area contributed by atoms with Gasteiger partial charge in [-0.3, -0.25) is 4.40 Å². The molecular weight excluding hydrogens is 363 g/mol. The molecule has 0 saturated carbocycles. The summed E-state index contributed by atoms with van der Waals surface area (Å²) in [4.78, 5) is 8.15. The van der Waals surface area contributed by atoms with E-state index in [0.717, 1.165) is 30.3 Å². The molecule has 3 rings (SSSR count). The molecule has 1 aliphatic heterocycles. The van der Waals surface area contributed by atoms with Crippen molar-refractivity contribution < 1.29 is 13.2 Å². The molecule has 2 aromatic rings. The summed E-state index contributed by atoms with van der Waals surface area (Å²) in [6.07, 6.45) is -1.13. The van der Waals surface area contributed by atoms with Crippen molar-refractivity contribution in [3.05, 3.63) is 22.2 Å². The molecule has 0 aromatic carbocycles. The highest BCUT2D eigenvalue weighted by atomic mass is 79.9. The molecule has 1 saturated heterocycles. The lowest BCUT2D eigenvalue weighted by atomic mass is 10.1. The minimum absolute atomic E-state index is 0.130. The maximum atomic E-state index is 13.3. The minimum atomic E-state index is -4.51. The van der Waals surface area contributed by atoms with Crippen molar-refractivity contribution in [2.75, 3.05) is 18.4 Å². The van der Waals surface area contributed by atoms with Crippen molar-refractivity contribution >= 4 is 27.4 Å². The summed E-state index contributed by atoms with van der Waals surface area (Å²) in [5.41, 5.74) is -0.237. The van der Waals surface area contributed by atoms with Gasteiger partial charge in [-0.05, 0) is 42.2 Å². The Hall–Kier alpha value is -1.35. The van der Waals surface area contributed by atoms with Gasteiger partial charge in [0.1, 0.15) is 4.60 Å². The van der Waals surface area contributed by atoms with Crippen LogP contribution in [0.2, 0.25) is 0 Å². The summed E-state index contributed by atoms with van der Waals surface area (Å²) in [5.74, 6) is 0.363. The minimum Gasteiger partial charge on any atom is -0.363 e. The second-order valence-corrected chi connectivity index (χ2v) is 6.09. The van der Waals surface area contributed by atoms with Crippen LogP contribution in [0.15, 0.2) is 10.8 Å². The quantitative estimate of drug-likeness (QED) is 0.844. The largest absolute Gasteiger partial charge is 0.434 e. The number of hydrogen-bond donors (Lipinski definition) is 2. The molecule has 2 aromatic heterocycles. The summed E-state index contributed by atoms with van der Waals surface area (Å²) in [7, 11) is 0. The Labute approximate surface area is 133 Å². The van der Waals surface area contributed by atoms with E-state index in [1.807, 2.05) is 0 Å². The predicted octanol–water partition coefficient (Wildman–Crippen LogP) is 2.98. The van der Waals surface area contributed by atoms with Crippen molar-refractivity contribution in [3.8, 4) is 0 Å². The number of nitrogens with zero attached hydrogens (tertiary/aromatic N) is 3. The molecule has 0 aliphatic carbocycles. The summed E-state index contributed by atoms with van der Waals surface area (Å²) in [6.45, 7) is 3.31. The molecule has 1 fully saturated rings. The predicted molar refractivity (Wildman–Crippen MR) is 79.9 cm³/mol. The van der Waals surface area contributed by atoms with Crippen LogP contribution in [0.25, 0.3) is 5.65 Å². The highest BCUT2D eigenvalue weighted by Crippen LogP contribution is 2.36. The maximum Gasteiger partial charge on any atom is 0.434 e. The van der Waals surface area contributed by atoms with Crippen LogP contribution in [-0.4, -0.2) is 33.5 Å². The van der Waals surface area contributed by atoms with Crippen LogP contribution in [0, 0.1) is 6.92 Å². The molecular formula is C13H15BrF3N5. The first-order chi connectivity index (χ1) is 10.4. The van der Waals surface area contributed by atoms with Gasteiger partial charge >= 0.3 is 6.18 Å². The Morgan fingerprint density at radius 2 is 2.23 bits per heavy atom. The van der Waals surface area contributed by atoms with Gasteiger partial charge in [-0.2, -0.15) is 13.2 Å². The van der Waals surface area contributed by atoms with Gasteiger partial charge < -0.3 is 10.6 Å². The molecule has 0 spiro atoms. The first-order valence-corrected chi connectivity index (χ1v) is 7.75. The Kier molecular flexibility index (Phi) is 4.02. The van der Waals surface area contributed by atoms with E-state index in [-0.39, 0.29) is 16.3 Å². The standard InChI is InChI=1S/C13H15BrF3N5/c1-7-5-19-12-11(20-8-3-2-4-18-6-8)21-10(14)9(22(7)12)13(15,16)17/h5,8,18H,2-4,6H2,1H3,(H,20,21)/t8-/m0/s1. The third kappa shape index (κ3) is 2.79. The van der Waals surface area contributed by atoms with Crippen LogP contribution in [0.5, 0.6) is 0 Å². The normalized spacial score (nSPS) is 19.6. The number of alkyl halides is 3. The number of nitrogens with one attached hydrogen (secondary N) is 2. The molecule has 22 heavy (non-hydrogen) atoms. The Morgan fingerprint density at radius 1 is 1.45 bits per heavy atom. The average molecular weight is 378 g/mol. The number of rotatable bonds is 2. The molecule has 9 heteroatoms. The van der Waals surface area contributed by atoms with Crippen molar-refractivity contribution in [2.45, 2.75) is 32.0 Å². The van der Waals surface area contributed by atoms with Crippen molar-refractivity contribution in [3.63, 3.8) is 0 Å². The van der Waals surface area contributed by atoms with Crippen LogP contribution in [0.4, 0.5) is 19.0 Å². The van der Waals surface area contributed by atoms with Gasteiger partial charge in [-0.1, -0.05) is 0 Å². The fourth-order valence-corrected chi connectivity index (χ4v) is 3.27. The molecule has 0 amide bonds. The molecule has 0 bridgehead atoms. The van der Waals surface area contributed by atoms with Crippen LogP contribution >= 0.6 is 15.9 Å². The average Bonchev–Trinajstić information content (AvgIpc) is 2.81. The second kappa shape index (κ2) is 5.69. The number of aryl methyl sites for hydroxylation is 1. The summed E-state index contributed by atoms with van der Waals surface area (Å²) < 4.78 is 40.7. The fraction of sp³-hybridized carbons (Fsp3) is 0.538. The number of aromatic nitrogens is 3. The van der Waals surface area contributed by atoms with E-state index in [2.05, 4.69) is 36.5 Å². The van der Waals surface area contributed by atoms with E-state index in [4.69, 9.17) is 0 Å². The van der Waals surface area contributed by atoms with Gasteiger partial charge in [0, 0.05) is 24.5 Å². The van der Waals surface area contributed by atoms with Crippen LogP contribution in [0.1, 0.15) is 24.2 Å². The van der Waals surface area contributed by atoms with E-state index in [0.29, 0.717) is 11.5 Å². The Morgan fingerprint density at radius 3 is 2.86 bits per heavy atom. The van der Waals surface area contributed by atoms with E-state index in [1.54, 1.807) is 6.92 Å². The number of anilines is 1. The van der Waals surface area contributed by atoms with Crippen LogP contribution in [0.3, 0.4) is 0 Å². The summed E-state index contributed by atoms with van der Waals surface area (Å²) >= 11 is 2.95. The first-order valence-electron chi connectivity index (χ1n) is 6.96. The molecule has 0 radical (unpaired) electrons. The molecule has 3 heterocycles. The van der Waals surface area contributed by atoms with Crippen molar-refractivity contribution in [1.29, 1.82) is 0 Å². The maximum absolute atomic E-state index is 13.3. The topological polar surface area (TPSA) is 54.2 Å². The zero-order valence-corrected chi connectivity index (χ0v) is 13.4. The third-order valence-corrected chi connectivity index (χ3v) is 4.24. The molecule has 2 N–H and O–H groups in total. The Bertz CT molecular complexity index is 691. The lowest BCUT2D eigenvalue weighted by Crippen LogP contribution is -2.38. The third-order valence-electron chi connectivity index (χ3n) is 3.69. The summed E-state index contributed by atoms with van der Waals surface area (Å²) in [6, 6.07) is 0.130. The smallest absolute Gasteiger partial charge is 0.363 e. The Balaban J connectivity index is 2.09. The lowest BCUT2D eigenvalue weighted by molar-refractivity contribution is -0.143. The SMILES string of the molecule is Cc1cnc2c(N[C@H]3CCCNC3)nc(Br)c(C(F)(F)F)n12. The van der Waals surface area contributed by atoms with Crippen LogP contribution in [-0.2, 0) is 6.18 Å². The van der Waals surface area contributed by atoms with Gasteiger partial charge in [-0.15, -0.1) is 0 Å². The van der Waals surface area contributed by atoms with Crippen molar-refractivity contribution in [2.24, 2.45) is 0 Å². The highest BCUT2D eigenvalue weighted by Gasteiger charge is 2.38. The van der Waals surface area contributed by atoms with Crippen LogP contribution < -0.4 is 10.6 Å². The number of imidazole rings is 1. The molecule has 120 valence electrons. The van der Waals surface area contributed by atoms with E-state index in [1.165, 1.54) is 6.20 Å². The monoisotopic (exact) mass is 377 g/mol. The first kappa shape index (κ1) is 15.5. The number of fused-ring (bicyclic) bond motifs is 1. The van der Waals surface area contributed by atoms with E-state index < -0.39 is 11.9 Å². The zero-order chi connectivity index (χ0) is 15.9. The van der Waals surface area contributed by atoms with Gasteiger partial charge in [0.25, 0.3) is 0 Å². The van der Waals surface area contributed by atoms with Gasteiger partial charge in [0.2, 0.25) is 0 Å². The van der Waals surface area contributed by atoms with E-state index in [9.17, 15) is 13.2 Å². The molecule has 1 aliphatic rings. The number of halogens is 4. The highest BCUT2D eigenvalue weighted by molar-refractivity contribution is 9.10. The lowest BCUT2D eigenvalue weighted by Gasteiger charge is -2.25. The fourth-order valence-electron chi connectivity index (χ4n) is 2.69. The summed E-state index contributed by atoms with van der Waals surface area (Å²) in [5, 5.41) is 6.45. The molecule has 1 atom stereocenters. The zero-order valence-electron chi connectivity index (χ0n) is 11.8. The van der Waals surface area contributed by atoms with E-state index >= 15 is 0 Å². The van der Waals surface area contributed by atoms with Gasteiger partial charge in [0.05, 0.1) is 0 Å². The van der Waals surface area contributed by atoms with Crippen molar-refractivity contribution in [1.82, 2.24) is 19.7 Å². The number of piperidine rings is 1. The van der Waals surface area contributed by atoms with Gasteiger partial charge in [0.15, 0.2) is 17.2 Å².